The van der Waals surface area contributed by atoms with E-state index < -0.39 is 36.8 Å². The number of carbonyl (C=O) groups is 4. The second kappa shape index (κ2) is 11.1. The van der Waals surface area contributed by atoms with Gasteiger partial charge in [0, 0.05) is 26.0 Å². The molecule has 0 aromatic carbocycles. The van der Waals surface area contributed by atoms with Crippen LogP contribution in [-0.4, -0.2) is 42.5 Å². The Morgan fingerprint density at radius 2 is 1.40 bits per heavy atom. The SMILES string of the molecule is CC(=O)OCOC(=O)CCCSC(=O)OCOC(C)=O. The molecule has 0 aliphatic carbocycles. The zero-order valence-electron chi connectivity index (χ0n) is 11.2. The molecule has 0 fully saturated rings. The molecule has 9 heteroatoms. The Morgan fingerprint density at radius 3 is 1.95 bits per heavy atom. The summed E-state index contributed by atoms with van der Waals surface area (Å²) in [6.45, 7) is 1.56. The molecule has 0 aromatic rings. The summed E-state index contributed by atoms with van der Waals surface area (Å²) in [6.07, 6.45) is 0.484. The van der Waals surface area contributed by atoms with Gasteiger partial charge >= 0.3 is 23.2 Å². The second-order valence-corrected chi connectivity index (χ2v) is 4.40. The summed E-state index contributed by atoms with van der Waals surface area (Å²) < 4.78 is 18.0. The fraction of sp³-hybridized carbons (Fsp3) is 0.636. The van der Waals surface area contributed by atoms with Gasteiger partial charge < -0.3 is 18.9 Å². The van der Waals surface area contributed by atoms with Gasteiger partial charge in [0.15, 0.2) is 0 Å². The van der Waals surface area contributed by atoms with E-state index in [-0.39, 0.29) is 6.42 Å². The molecule has 0 rings (SSSR count). The van der Waals surface area contributed by atoms with Gasteiger partial charge in [-0.3, -0.25) is 14.4 Å². The molecule has 0 bridgehead atoms. The smallest absolute Gasteiger partial charge is 0.370 e. The van der Waals surface area contributed by atoms with Crippen molar-refractivity contribution in [2.24, 2.45) is 0 Å². The van der Waals surface area contributed by atoms with Crippen LogP contribution >= 0.6 is 11.8 Å². The Kier molecular flexibility index (Phi) is 10.1. The minimum atomic E-state index is -0.598. The quantitative estimate of drug-likeness (QED) is 0.371. The van der Waals surface area contributed by atoms with Crippen LogP contribution in [0.3, 0.4) is 0 Å². The van der Waals surface area contributed by atoms with E-state index in [1.54, 1.807) is 0 Å². The Bertz CT molecular complexity index is 320. The molecular weight excluding hydrogens is 292 g/mol. The van der Waals surface area contributed by atoms with Gasteiger partial charge in [-0.2, -0.15) is 0 Å². The molecule has 0 heterocycles. The average molecular weight is 308 g/mol. The third-order valence-corrected chi connectivity index (χ3v) is 2.51. The highest BCUT2D eigenvalue weighted by atomic mass is 32.2. The highest BCUT2D eigenvalue weighted by Gasteiger charge is 2.07. The molecule has 8 nitrogen and oxygen atoms in total. The van der Waals surface area contributed by atoms with Gasteiger partial charge in [-0.05, 0) is 18.2 Å². The lowest BCUT2D eigenvalue weighted by molar-refractivity contribution is -0.165. The molecule has 20 heavy (non-hydrogen) atoms. The fourth-order valence-corrected chi connectivity index (χ4v) is 1.41. The fourth-order valence-electron chi connectivity index (χ4n) is 0.825. The van der Waals surface area contributed by atoms with Gasteiger partial charge in [0.25, 0.3) is 0 Å². The topological polar surface area (TPSA) is 105 Å². The van der Waals surface area contributed by atoms with Crippen LogP contribution in [0.4, 0.5) is 4.79 Å². The van der Waals surface area contributed by atoms with Crippen LogP contribution < -0.4 is 0 Å². The van der Waals surface area contributed by atoms with Crippen molar-refractivity contribution in [1.82, 2.24) is 0 Å². The first-order chi connectivity index (χ1) is 9.41. The zero-order chi connectivity index (χ0) is 15.4. The van der Waals surface area contributed by atoms with Crippen LogP contribution in [0, 0.1) is 0 Å². The molecule has 0 saturated heterocycles. The Morgan fingerprint density at radius 1 is 0.850 bits per heavy atom. The van der Waals surface area contributed by atoms with Gasteiger partial charge in [0.1, 0.15) is 0 Å². The van der Waals surface area contributed by atoms with Crippen molar-refractivity contribution in [3.8, 4) is 0 Å². The monoisotopic (exact) mass is 308 g/mol. The molecule has 114 valence electrons. The summed E-state index contributed by atoms with van der Waals surface area (Å²) in [5.41, 5.74) is 0. The molecule has 0 aliphatic heterocycles. The normalized spacial score (nSPS) is 9.50. The maximum atomic E-state index is 11.1. The van der Waals surface area contributed by atoms with Gasteiger partial charge in [0.2, 0.25) is 13.6 Å². The Balaban J connectivity index is 3.46. The molecule has 0 saturated carbocycles. The molecule has 0 aliphatic rings. The second-order valence-electron chi connectivity index (χ2n) is 3.37. The summed E-state index contributed by atoms with van der Waals surface area (Å²) in [5.74, 6) is -1.26. The minimum absolute atomic E-state index is 0.0888. The predicted octanol–water partition coefficient (Wildman–Crippen LogP) is 1.22. The number of rotatable bonds is 8. The highest BCUT2D eigenvalue weighted by Crippen LogP contribution is 2.09. The van der Waals surface area contributed by atoms with Crippen molar-refractivity contribution in [3.05, 3.63) is 0 Å². The van der Waals surface area contributed by atoms with Crippen LogP contribution in [-0.2, 0) is 33.3 Å². The molecular formula is C11H16O8S. The highest BCUT2D eigenvalue weighted by molar-refractivity contribution is 8.13. The van der Waals surface area contributed by atoms with Crippen molar-refractivity contribution < 1.29 is 38.1 Å². The Hall–Kier alpha value is -1.77. The van der Waals surface area contributed by atoms with E-state index in [0.29, 0.717) is 12.2 Å². The van der Waals surface area contributed by atoms with Crippen molar-refractivity contribution in [3.63, 3.8) is 0 Å². The molecule has 0 amide bonds. The lowest BCUT2D eigenvalue weighted by atomic mass is 10.3. The first kappa shape index (κ1) is 18.2. The van der Waals surface area contributed by atoms with Crippen molar-refractivity contribution in [2.45, 2.75) is 26.7 Å². The van der Waals surface area contributed by atoms with E-state index in [2.05, 4.69) is 18.9 Å². The third kappa shape index (κ3) is 12.7. The Labute approximate surface area is 120 Å². The molecule has 0 radical (unpaired) electrons. The van der Waals surface area contributed by atoms with E-state index in [0.717, 1.165) is 11.8 Å². The molecule has 0 atom stereocenters. The molecule has 0 aromatic heterocycles. The maximum Gasteiger partial charge on any atom is 0.370 e. The zero-order valence-corrected chi connectivity index (χ0v) is 12.0. The van der Waals surface area contributed by atoms with Gasteiger partial charge in [-0.15, -0.1) is 0 Å². The number of carbonyl (C=O) groups excluding carboxylic acids is 4. The van der Waals surface area contributed by atoms with Crippen LogP contribution in [0.2, 0.25) is 0 Å². The lowest BCUT2D eigenvalue weighted by Gasteiger charge is -2.05. The van der Waals surface area contributed by atoms with Crippen LogP contribution in [0.1, 0.15) is 26.7 Å². The van der Waals surface area contributed by atoms with Crippen LogP contribution in [0.5, 0.6) is 0 Å². The van der Waals surface area contributed by atoms with Gasteiger partial charge in [0.05, 0.1) is 0 Å². The number of ether oxygens (including phenoxy) is 4. The van der Waals surface area contributed by atoms with Crippen LogP contribution in [0.15, 0.2) is 0 Å². The lowest BCUT2D eigenvalue weighted by Crippen LogP contribution is -2.11. The van der Waals surface area contributed by atoms with Crippen LogP contribution in [0.25, 0.3) is 0 Å². The van der Waals surface area contributed by atoms with Gasteiger partial charge in [-0.1, -0.05) is 0 Å². The van der Waals surface area contributed by atoms with E-state index >= 15 is 0 Å². The molecule has 0 unspecified atom stereocenters. The minimum Gasteiger partial charge on any atom is -0.428 e. The number of hydrogen-bond acceptors (Lipinski definition) is 9. The maximum absolute atomic E-state index is 11.1. The average Bonchev–Trinajstić information content (AvgIpc) is 2.33. The van der Waals surface area contributed by atoms with E-state index in [1.165, 1.54) is 13.8 Å². The summed E-state index contributed by atoms with van der Waals surface area (Å²) in [7, 11) is 0. The summed E-state index contributed by atoms with van der Waals surface area (Å²) in [5, 5.41) is -0.598. The van der Waals surface area contributed by atoms with E-state index in [1.807, 2.05) is 0 Å². The summed E-state index contributed by atoms with van der Waals surface area (Å²) in [6, 6.07) is 0. The van der Waals surface area contributed by atoms with E-state index in [4.69, 9.17) is 0 Å². The molecule has 0 spiro atoms. The predicted molar refractivity (Wildman–Crippen MR) is 67.5 cm³/mol. The first-order valence-electron chi connectivity index (χ1n) is 5.63. The first-order valence-corrected chi connectivity index (χ1v) is 6.62. The molecule has 0 N–H and O–H groups in total. The van der Waals surface area contributed by atoms with Crippen molar-refractivity contribution in [2.75, 3.05) is 19.3 Å². The summed E-state index contributed by atoms with van der Waals surface area (Å²) >= 11 is 0.853. The largest absolute Gasteiger partial charge is 0.428 e. The number of thioether (sulfide) groups is 1. The third-order valence-electron chi connectivity index (χ3n) is 1.67. The number of esters is 3. The summed E-state index contributed by atoms with van der Waals surface area (Å²) in [4.78, 5) is 43.0. The van der Waals surface area contributed by atoms with E-state index in [9.17, 15) is 19.2 Å². The van der Waals surface area contributed by atoms with Gasteiger partial charge in [-0.25, -0.2) is 4.79 Å². The van der Waals surface area contributed by atoms with Crippen molar-refractivity contribution in [1.29, 1.82) is 0 Å². The van der Waals surface area contributed by atoms with Crippen molar-refractivity contribution >= 4 is 35.0 Å². The number of hydrogen-bond donors (Lipinski definition) is 0. The standard InChI is InChI=1S/C11H16O8S/c1-8(12)16-6-18-10(14)4-3-5-20-11(15)19-7-17-9(2)13/h3-7H2,1-2H3.